The maximum absolute atomic E-state index is 12.8. The molecule has 0 aliphatic heterocycles. The molecular weight excluding hydrogens is 793 g/mol. The first kappa shape index (κ1) is 61.1. The van der Waals surface area contributed by atoms with E-state index in [0.29, 0.717) is 19.3 Å². The van der Waals surface area contributed by atoms with Crippen LogP contribution in [0.25, 0.3) is 0 Å². The predicted octanol–water partition coefficient (Wildman–Crippen LogP) is 18.0. The first-order valence-corrected chi connectivity index (χ1v) is 27.3. The lowest BCUT2D eigenvalue weighted by Crippen LogP contribution is -2.30. The van der Waals surface area contributed by atoms with Gasteiger partial charge in [0.25, 0.3) is 0 Å². The first-order chi connectivity index (χ1) is 31.5. The van der Waals surface area contributed by atoms with E-state index in [0.717, 1.165) is 77.0 Å². The highest BCUT2D eigenvalue weighted by molar-refractivity contribution is 5.71. The summed E-state index contributed by atoms with van der Waals surface area (Å²) in [5, 5.41) is 0. The smallest absolute Gasteiger partial charge is 0.306 e. The third kappa shape index (κ3) is 50.1. The quantitative estimate of drug-likeness (QED) is 0.0262. The van der Waals surface area contributed by atoms with Crippen molar-refractivity contribution in [2.75, 3.05) is 13.2 Å². The van der Waals surface area contributed by atoms with E-state index in [1.54, 1.807) is 0 Å². The third-order valence-corrected chi connectivity index (χ3v) is 11.8. The molecule has 0 spiro atoms. The Bertz CT molecular complexity index is 1170. The molecule has 0 saturated carbocycles. The summed E-state index contributed by atoms with van der Waals surface area (Å²) >= 11 is 0. The maximum Gasteiger partial charge on any atom is 0.306 e. The third-order valence-electron chi connectivity index (χ3n) is 11.8. The van der Waals surface area contributed by atoms with Gasteiger partial charge in [0.05, 0.1) is 0 Å². The van der Waals surface area contributed by atoms with Crippen LogP contribution in [-0.4, -0.2) is 37.2 Å². The molecule has 0 N–H and O–H groups in total. The number of carbonyl (C=O) groups is 3. The molecule has 0 aromatic carbocycles. The Morgan fingerprint density at radius 1 is 0.328 bits per heavy atom. The lowest BCUT2D eigenvalue weighted by molar-refractivity contribution is -0.167. The van der Waals surface area contributed by atoms with Crippen molar-refractivity contribution in [2.24, 2.45) is 0 Å². The molecule has 0 heterocycles. The zero-order chi connectivity index (χ0) is 46.5. The van der Waals surface area contributed by atoms with Gasteiger partial charge < -0.3 is 14.2 Å². The van der Waals surface area contributed by atoms with Crippen LogP contribution in [0.4, 0.5) is 0 Å². The molecule has 0 saturated heterocycles. The Labute approximate surface area is 396 Å². The minimum absolute atomic E-state index is 0.0932. The number of carbonyl (C=O) groups excluding carboxylic acids is 3. The van der Waals surface area contributed by atoms with Crippen molar-refractivity contribution < 1.29 is 28.6 Å². The van der Waals surface area contributed by atoms with Gasteiger partial charge in [-0.25, -0.2) is 0 Å². The predicted molar refractivity (Wildman–Crippen MR) is 275 cm³/mol. The molecule has 64 heavy (non-hydrogen) atoms. The molecule has 0 amide bonds. The van der Waals surface area contributed by atoms with Crippen LogP contribution >= 0.6 is 0 Å². The maximum atomic E-state index is 12.8. The average molecular weight is 895 g/mol. The molecule has 0 aromatic rings. The fraction of sp³-hybridized carbons (Fsp3) is 0.776. The highest BCUT2D eigenvalue weighted by Gasteiger charge is 2.19. The molecule has 1 atom stereocenters. The topological polar surface area (TPSA) is 78.9 Å². The van der Waals surface area contributed by atoms with E-state index < -0.39 is 6.10 Å². The Kier molecular flexibility index (Phi) is 50.4. The summed E-state index contributed by atoms with van der Waals surface area (Å²) in [7, 11) is 0. The summed E-state index contributed by atoms with van der Waals surface area (Å²) < 4.78 is 16.8. The highest BCUT2D eigenvalue weighted by Crippen LogP contribution is 2.16. The van der Waals surface area contributed by atoms with Crippen LogP contribution in [0.15, 0.2) is 60.8 Å². The van der Waals surface area contributed by atoms with Crippen LogP contribution < -0.4 is 0 Å². The van der Waals surface area contributed by atoms with Crippen LogP contribution in [0.3, 0.4) is 0 Å². The summed E-state index contributed by atoms with van der Waals surface area (Å²) in [6, 6.07) is 0. The summed E-state index contributed by atoms with van der Waals surface area (Å²) in [4.78, 5) is 38.0. The molecule has 0 aromatic heterocycles. The largest absolute Gasteiger partial charge is 0.462 e. The molecule has 0 radical (unpaired) electrons. The van der Waals surface area contributed by atoms with Crippen LogP contribution in [0.2, 0.25) is 0 Å². The Balaban J connectivity index is 4.37. The van der Waals surface area contributed by atoms with Crippen LogP contribution in [0, 0.1) is 0 Å². The van der Waals surface area contributed by atoms with Crippen molar-refractivity contribution in [3.63, 3.8) is 0 Å². The summed E-state index contributed by atoms with van der Waals surface area (Å²) in [5.74, 6) is -0.944. The van der Waals surface area contributed by atoms with Gasteiger partial charge in [0.1, 0.15) is 13.2 Å². The number of unbranched alkanes of at least 4 members (excludes halogenated alkanes) is 28. The van der Waals surface area contributed by atoms with E-state index >= 15 is 0 Å². The first-order valence-electron chi connectivity index (χ1n) is 27.3. The van der Waals surface area contributed by atoms with Gasteiger partial charge in [-0.3, -0.25) is 14.4 Å². The van der Waals surface area contributed by atoms with Gasteiger partial charge in [-0.1, -0.05) is 255 Å². The van der Waals surface area contributed by atoms with Crippen molar-refractivity contribution in [2.45, 2.75) is 277 Å². The summed E-state index contributed by atoms with van der Waals surface area (Å²) in [5.41, 5.74) is 0. The minimum atomic E-state index is -0.799. The van der Waals surface area contributed by atoms with Crippen molar-refractivity contribution in [1.29, 1.82) is 0 Å². The molecule has 6 heteroatoms. The number of ether oxygens (including phenoxy) is 3. The van der Waals surface area contributed by atoms with E-state index in [2.05, 4.69) is 81.5 Å². The highest BCUT2D eigenvalue weighted by atomic mass is 16.6. The Hall–Kier alpha value is -2.89. The molecular formula is C58H102O6. The van der Waals surface area contributed by atoms with Gasteiger partial charge in [0.2, 0.25) is 0 Å². The number of allylic oxidation sites excluding steroid dienone is 10. The number of hydrogen-bond acceptors (Lipinski definition) is 6. The Morgan fingerprint density at radius 2 is 0.609 bits per heavy atom. The molecule has 0 aliphatic rings. The van der Waals surface area contributed by atoms with Crippen molar-refractivity contribution >= 4 is 17.9 Å². The monoisotopic (exact) mass is 895 g/mol. The zero-order valence-corrected chi connectivity index (χ0v) is 42.3. The second-order valence-corrected chi connectivity index (χ2v) is 18.1. The second-order valence-electron chi connectivity index (χ2n) is 18.1. The molecule has 0 rings (SSSR count). The van der Waals surface area contributed by atoms with E-state index in [1.807, 2.05) is 0 Å². The molecule has 6 nitrogen and oxygen atoms in total. The molecule has 370 valence electrons. The average Bonchev–Trinajstić information content (AvgIpc) is 3.29. The summed E-state index contributed by atoms with van der Waals surface area (Å²) in [6.45, 7) is 6.49. The normalized spacial score (nSPS) is 12.5. The van der Waals surface area contributed by atoms with Crippen LogP contribution in [0.5, 0.6) is 0 Å². The summed E-state index contributed by atoms with van der Waals surface area (Å²) in [6.07, 6.45) is 65.1. The fourth-order valence-corrected chi connectivity index (χ4v) is 7.71. The molecule has 0 aliphatic carbocycles. The lowest BCUT2D eigenvalue weighted by Gasteiger charge is -2.18. The standard InChI is InChI=1S/C58H102O6/c1-4-7-10-13-16-19-22-24-26-28-29-31-32-34-36-39-42-45-48-51-57(60)63-54-55(53-62-56(59)50-47-44-41-38-21-18-15-12-9-6-3)64-58(61)52-49-46-43-40-37-35-33-30-27-25-23-20-17-14-11-8-5-2/h8,11,17,20,25,27,33,35,40,43,55H,4-7,9-10,12-16,18-19,21-24,26,28-32,34,36-39,41-42,44-54H2,1-3H3/b11-8-,20-17-,27-25-,35-33-,43-40-/t55-/m1/s1. The zero-order valence-electron chi connectivity index (χ0n) is 42.3. The van der Waals surface area contributed by atoms with Gasteiger partial charge in [0.15, 0.2) is 6.10 Å². The number of rotatable bonds is 49. The van der Waals surface area contributed by atoms with Crippen molar-refractivity contribution in [3.8, 4) is 0 Å². The van der Waals surface area contributed by atoms with E-state index in [4.69, 9.17) is 14.2 Å². The number of hydrogen-bond donors (Lipinski definition) is 0. The second kappa shape index (κ2) is 52.7. The molecule has 0 bridgehead atoms. The van der Waals surface area contributed by atoms with Gasteiger partial charge in [0, 0.05) is 19.3 Å². The molecule has 0 unspecified atom stereocenters. The van der Waals surface area contributed by atoms with E-state index in [9.17, 15) is 14.4 Å². The van der Waals surface area contributed by atoms with Gasteiger partial charge in [-0.2, -0.15) is 0 Å². The van der Waals surface area contributed by atoms with Crippen LogP contribution in [0.1, 0.15) is 271 Å². The fourth-order valence-electron chi connectivity index (χ4n) is 7.71. The minimum Gasteiger partial charge on any atom is -0.462 e. The number of esters is 3. The lowest BCUT2D eigenvalue weighted by atomic mass is 10.0. The van der Waals surface area contributed by atoms with Gasteiger partial charge in [-0.15, -0.1) is 0 Å². The van der Waals surface area contributed by atoms with E-state index in [1.165, 1.54) is 148 Å². The Morgan fingerprint density at radius 3 is 0.938 bits per heavy atom. The van der Waals surface area contributed by atoms with Crippen LogP contribution in [-0.2, 0) is 28.6 Å². The van der Waals surface area contributed by atoms with Gasteiger partial charge in [-0.05, 0) is 57.8 Å². The van der Waals surface area contributed by atoms with Crippen molar-refractivity contribution in [3.05, 3.63) is 60.8 Å². The van der Waals surface area contributed by atoms with Gasteiger partial charge >= 0.3 is 17.9 Å². The van der Waals surface area contributed by atoms with E-state index in [-0.39, 0.29) is 37.5 Å². The van der Waals surface area contributed by atoms with Crippen molar-refractivity contribution in [1.82, 2.24) is 0 Å². The molecule has 0 fully saturated rings. The SMILES string of the molecule is CC/C=C\C/C=C\C/C=C\C/C=C\C/C=C\CCCC(=O)O[C@H](COC(=O)CCCCCCCCCCCC)COC(=O)CCCCCCCCCCCCCCCCCCCCC.